The fraction of sp³-hybridized carbons (Fsp3) is 0.278. The number of carbonyl (C=O) groups is 1. The number of halogens is 1. The fourth-order valence-corrected chi connectivity index (χ4v) is 4.74. The number of nitrogens with zero attached hydrogens (tertiary/aromatic N) is 1. The molecule has 0 spiro atoms. The number of benzene rings is 2. The highest BCUT2D eigenvalue weighted by atomic mass is 35.5. The molecule has 1 N–H and O–H groups in total. The Kier molecular flexibility index (Phi) is 5.13. The fourth-order valence-electron chi connectivity index (χ4n) is 2.96. The highest BCUT2D eigenvalue weighted by Crippen LogP contribution is 2.28. The molecule has 2 aromatic rings. The maximum absolute atomic E-state index is 12.9. The van der Waals surface area contributed by atoms with Crippen LogP contribution in [0.1, 0.15) is 18.4 Å². The van der Waals surface area contributed by atoms with Crippen molar-refractivity contribution in [3.05, 3.63) is 59.1 Å². The van der Waals surface area contributed by atoms with E-state index >= 15 is 0 Å². The number of amides is 1. The molecule has 1 saturated heterocycles. The highest BCUT2D eigenvalue weighted by Gasteiger charge is 2.39. The minimum atomic E-state index is -3.74. The molecule has 1 fully saturated rings. The maximum Gasteiger partial charge on any atom is 0.243 e. The smallest absolute Gasteiger partial charge is 0.243 e. The van der Waals surface area contributed by atoms with Crippen LogP contribution in [0.3, 0.4) is 0 Å². The Balaban J connectivity index is 1.83. The van der Waals surface area contributed by atoms with Crippen LogP contribution >= 0.6 is 11.6 Å². The molecular formula is C18H19ClN2O3S. The zero-order chi connectivity index (χ0) is 18.0. The SMILES string of the molecule is Cc1ccccc1NC(=O)[C@@H]1CCCN1S(=O)(=O)c1ccc(Cl)cc1. The van der Waals surface area contributed by atoms with Gasteiger partial charge < -0.3 is 5.32 Å². The second-order valence-electron chi connectivity index (χ2n) is 6.03. The molecule has 0 bridgehead atoms. The molecule has 1 heterocycles. The first kappa shape index (κ1) is 17.9. The molecule has 0 unspecified atom stereocenters. The first-order valence-corrected chi connectivity index (χ1v) is 9.85. The average Bonchev–Trinajstić information content (AvgIpc) is 3.08. The van der Waals surface area contributed by atoms with Gasteiger partial charge in [0.2, 0.25) is 15.9 Å². The predicted molar refractivity (Wildman–Crippen MR) is 98.2 cm³/mol. The van der Waals surface area contributed by atoms with Gasteiger partial charge >= 0.3 is 0 Å². The first-order valence-electron chi connectivity index (χ1n) is 8.03. The zero-order valence-corrected chi connectivity index (χ0v) is 15.3. The molecule has 3 rings (SSSR count). The third-order valence-corrected chi connectivity index (χ3v) is 6.50. The van der Waals surface area contributed by atoms with E-state index in [9.17, 15) is 13.2 Å². The molecule has 0 radical (unpaired) electrons. The van der Waals surface area contributed by atoms with Gasteiger partial charge in [0.25, 0.3) is 0 Å². The Morgan fingerprint density at radius 1 is 1.16 bits per heavy atom. The van der Waals surface area contributed by atoms with Gasteiger partial charge in [0.05, 0.1) is 4.90 Å². The van der Waals surface area contributed by atoms with Crippen LogP contribution in [0, 0.1) is 6.92 Å². The Morgan fingerprint density at radius 3 is 2.52 bits per heavy atom. The number of hydrogen-bond acceptors (Lipinski definition) is 3. The van der Waals surface area contributed by atoms with Gasteiger partial charge in [-0.3, -0.25) is 4.79 Å². The summed E-state index contributed by atoms with van der Waals surface area (Å²) in [6.07, 6.45) is 1.16. The minimum absolute atomic E-state index is 0.146. The monoisotopic (exact) mass is 378 g/mol. The Morgan fingerprint density at radius 2 is 1.84 bits per heavy atom. The van der Waals surface area contributed by atoms with Crippen LogP contribution in [0.15, 0.2) is 53.4 Å². The predicted octanol–water partition coefficient (Wildman–Crippen LogP) is 3.44. The van der Waals surface area contributed by atoms with Crippen molar-refractivity contribution in [2.45, 2.75) is 30.7 Å². The summed E-state index contributed by atoms with van der Waals surface area (Å²) >= 11 is 5.83. The van der Waals surface area contributed by atoms with E-state index in [2.05, 4.69) is 5.32 Å². The van der Waals surface area contributed by atoms with Gasteiger partial charge in [0, 0.05) is 17.3 Å². The number of para-hydroxylation sites is 1. The van der Waals surface area contributed by atoms with E-state index in [-0.39, 0.29) is 10.8 Å². The van der Waals surface area contributed by atoms with Crippen LogP contribution in [0.5, 0.6) is 0 Å². The molecule has 1 aliphatic heterocycles. The Bertz CT molecular complexity index is 881. The third kappa shape index (κ3) is 3.71. The summed E-state index contributed by atoms with van der Waals surface area (Å²) in [5, 5.41) is 3.32. The normalized spacial score (nSPS) is 18.2. The molecule has 5 nitrogen and oxygen atoms in total. The summed E-state index contributed by atoms with van der Waals surface area (Å²) in [5.74, 6) is -0.302. The number of sulfonamides is 1. The highest BCUT2D eigenvalue weighted by molar-refractivity contribution is 7.89. The molecule has 25 heavy (non-hydrogen) atoms. The molecule has 0 aliphatic carbocycles. The van der Waals surface area contributed by atoms with Gasteiger partial charge in [-0.15, -0.1) is 0 Å². The summed E-state index contributed by atoms with van der Waals surface area (Å²) in [5.41, 5.74) is 1.63. The van der Waals surface area contributed by atoms with E-state index in [1.54, 1.807) is 6.07 Å². The molecule has 2 aromatic carbocycles. The van der Waals surface area contributed by atoms with E-state index in [0.717, 1.165) is 5.56 Å². The number of hydrogen-bond donors (Lipinski definition) is 1. The maximum atomic E-state index is 12.9. The van der Waals surface area contributed by atoms with Crippen molar-refractivity contribution in [2.75, 3.05) is 11.9 Å². The molecule has 1 aliphatic rings. The standard InChI is InChI=1S/C18H19ClN2O3S/c1-13-5-2-3-6-16(13)20-18(22)17-7-4-12-21(17)25(23,24)15-10-8-14(19)9-11-15/h2-3,5-6,8-11,17H,4,7,12H2,1H3,(H,20,22)/t17-/m0/s1. The number of aryl methyl sites for hydroxylation is 1. The largest absolute Gasteiger partial charge is 0.324 e. The second kappa shape index (κ2) is 7.15. The lowest BCUT2D eigenvalue weighted by Gasteiger charge is -2.23. The lowest BCUT2D eigenvalue weighted by Crippen LogP contribution is -2.43. The van der Waals surface area contributed by atoms with E-state index < -0.39 is 16.1 Å². The summed E-state index contributed by atoms with van der Waals surface area (Å²) in [6, 6.07) is 12.7. The van der Waals surface area contributed by atoms with Crippen molar-refractivity contribution in [3.8, 4) is 0 Å². The molecule has 0 aromatic heterocycles. The van der Waals surface area contributed by atoms with E-state index in [4.69, 9.17) is 11.6 Å². The van der Waals surface area contributed by atoms with Crippen molar-refractivity contribution in [1.29, 1.82) is 0 Å². The molecule has 1 amide bonds. The molecule has 0 saturated carbocycles. The summed E-state index contributed by atoms with van der Waals surface area (Å²) < 4.78 is 27.0. The van der Waals surface area contributed by atoms with Crippen molar-refractivity contribution in [3.63, 3.8) is 0 Å². The second-order valence-corrected chi connectivity index (χ2v) is 8.36. The number of carbonyl (C=O) groups excluding carboxylic acids is 1. The van der Waals surface area contributed by atoms with Crippen molar-refractivity contribution >= 4 is 33.2 Å². The summed E-state index contributed by atoms with van der Waals surface area (Å²) in [4.78, 5) is 12.8. The summed E-state index contributed by atoms with van der Waals surface area (Å²) in [6.45, 7) is 2.23. The van der Waals surface area contributed by atoms with Gasteiger partial charge in [-0.1, -0.05) is 29.8 Å². The average molecular weight is 379 g/mol. The van der Waals surface area contributed by atoms with Crippen LogP contribution in [-0.4, -0.2) is 31.2 Å². The summed E-state index contributed by atoms with van der Waals surface area (Å²) in [7, 11) is -3.74. The lowest BCUT2D eigenvalue weighted by molar-refractivity contribution is -0.119. The van der Waals surface area contributed by atoms with Gasteiger partial charge in [-0.25, -0.2) is 8.42 Å². The van der Waals surface area contributed by atoms with Crippen molar-refractivity contribution in [2.24, 2.45) is 0 Å². The van der Waals surface area contributed by atoms with Crippen LogP contribution < -0.4 is 5.32 Å². The van der Waals surface area contributed by atoms with Crippen molar-refractivity contribution < 1.29 is 13.2 Å². The van der Waals surface area contributed by atoms with Gasteiger partial charge in [-0.05, 0) is 55.7 Å². The number of nitrogens with one attached hydrogen (secondary N) is 1. The Hall–Kier alpha value is -1.89. The van der Waals surface area contributed by atoms with Crippen LogP contribution in [0.25, 0.3) is 0 Å². The van der Waals surface area contributed by atoms with Gasteiger partial charge in [0.15, 0.2) is 0 Å². The molecule has 7 heteroatoms. The zero-order valence-electron chi connectivity index (χ0n) is 13.8. The van der Waals surface area contributed by atoms with Crippen LogP contribution in [0.2, 0.25) is 5.02 Å². The quantitative estimate of drug-likeness (QED) is 0.886. The first-order chi connectivity index (χ1) is 11.9. The van der Waals surface area contributed by atoms with Gasteiger partial charge in [-0.2, -0.15) is 4.31 Å². The Labute approximate surface area is 152 Å². The van der Waals surface area contributed by atoms with E-state index in [1.807, 2.05) is 25.1 Å². The third-order valence-electron chi connectivity index (χ3n) is 4.33. The van der Waals surface area contributed by atoms with Crippen LogP contribution in [-0.2, 0) is 14.8 Å². The number of rotatable bonds is 4. The molecular weight excluding hydrogens is 360 g/mol. The lowest BCUT2D eigenvalue weighted by atomic mass is 10.1. The van der Waals surface area contributed by atoms with E-state index in [0.29, 0.717) is 30.1 Å². The molecule has 132 valence electrons. The van der Waals surface area contributed by atoms with Crippen LogP contribution in [0.4, 0.5) is 5.69 Å². The topological polar surface area (TPSA) is 66.5 Å². The minimum Gasteiger partial charge on any atom is -0.324 e. The van der Waals surface area contributed by atoms with Gasteiger partial charge in [0.1, 0.15) is 6.04 Å². The van der Waals surface area contributed by atoms with E-state index in [1.165, 1.54) is 28.6 Å². The molecule has 1 atom stereocenters. The van der Waals surface area contributed by atoms with Crippen molar-refractivity contribution in [1.82, 2.24) is 4.31 Å². The number of anilines is 1.